The number of halogens is 1. The lowest BCUT2D eigenvalue weighted by molar-refractivity contribution is -0.132. The number of benzene rings is 3. The molecule has 3 aromatic carbocycles. The molecule has 1 amide bonds. The van der Waals surface area contributed by atoms with Crippen LogP contribution in [0.1, 0.15) is 24.1 Å². The number of ether oxygens (including phenoxy) is 2. The molecule has 6 nitrogen and oxygen atoms in total. The molecular formula is C26H22ClNO5. The fraction of sp³-hybridized carbons (Fsp3) is 0.154. The van der Waals surface area contributed by atoms with Crippen LogP contribution in [0.25, 0.3) is 5.76 Å². The van der Waals surface area contributed by atoms with Crippen molar-refractivity contribution in [3.8, 4) is 11.5 Å². The Labute approximate surface area is 196 Å². The first-order valence-electron chi connectivity index (χ1n) is 10.4. The van der Waals surface area contributed by atoms with E-state index < -0.39 is 17.7 Å². The normalized spacial score (nSPS) is 17.3. The zero-order chi connectivity index (χ0) is 23.5. The lowest BCUT2D eigenvalue weighted by atomic mass is 9.95. The van der Waals surface area contributed by atoms with Crippen LogP contribution in [0, 0.1) is 0 Å². The van der Waals surface area contributed by atoms with Crippen LogP contribution < -0.4 is 14.4 Å². The van der Waals surface area contributed by atoms with E-state index in [9.17, 15) is 14.7 Å². The van der Waals surface area contributed by atoms with Gasteiger partial charge in [-0.2, -0.15) is 0 Å². The minimum absolute atomic E-state index is 0.0192. The Balaban J connectivity index is 1.91. The summed E-state index contributed by atoms with van der Waals surface area (Å²) in [6.45, 7) is 2.32. The zero-order valence-electron chi connectivity index (χ0n) is 18.1. The molecule has 1 atom stereocenters. The van der Waals surface area contributed by atoms with E-state index in [1.807, 2.05) is 37.3 Å². The summed E-state index contributed by atoms with van der Waals surface area (Å²) >= 11 is 6.24. The van der Waals surface area contributed by atoms with E-state index in [0.29, 0.717) is 34.9 Å². The Kier molecular flexibility index (Phi) is 6.38. The van der Waals surface area contributed by atoms with E-state index in [1.165, 1.54) is 18.1 Å². The minimum atomic E-state index is -0.830. The van der Waals surface area contributed by atoms with E-state index in [1.54, 1.807) is 36.4 Å². The van der Waals surface area contributed by atoms with Crippen molar-refractivity contribution in [3.05, 3.63) is 94.5 Å². The SMILES string of the molecule is CCOc1cccc(N2C(=O)C(=O)/C(=C(/O)c3ccc(OC)c(Cl)c3)C2c2ccccc2)c1. The number of carbonyl (C=O) groups is 2. The molecule has 0 aliphatic carbocycles. The first kappa shape index (κ1) is 22.4. The third kappa shape index (κ3) is 4.17. The maximum absolute atomic E-state index is 13.2. The molecule has 0 aromatic heterocycles. The molecule has 0 spiro atoms. The number of aliphatic hydroxyl groups is 1. The lowest BCUT2D eigenvalue weighted by Gasteiger charge is -2.25. The zero-order valence-corrected chi connectivity index (χ0v) is 18.9. The highest BCUT2D eigenvalue weighted by molar-refractivity contribution is 6.51. The number of hydrogen-bond donors (Lipinski definition) is 1. The highest BCUT2D eigenvalue weighted by atomic mass is 35.5. The molecule has 1 saturated heterocycles. The largest absolute Gasteiger partial charge is 0.507 e. The minimum Gasteiger partial charge on any atom is -0.507 e. The summed E-state index contributed by atoms with van der Waals surface area (Å²) in [6.07, 6.45) is 0. The molecule has 7 heteroatoms. The van der Waals surface area contributed by atoms with E-state index >= 15 is 0 Å². The van der Waals surface area contributed by atoms with Gasteiger partial charge in [0, 0.05) is 17.3 Å². The summed E-state index contributed by atoms with van der Waals surface area (Å²) in [5, 5.41) is 11.5. The summed E-state index contributed by atoms with van der Waals surface area (Å²) in [5.41, 5.74) is 1.46. The summed E-state index contributed by atoms with van der Waals surface area (Å²) in [4.78, 5) is 27.8. The van der Waals surface area contributed by atoms with Crippen LogP contribution in [-0.2, 0) is 9.59 Å². The monoisotopic (exact) mass is 463 g/mol. The van der Waals surface area contributed by atoms with Crippen molar-refractivity contribution in [1.82, 2.24) is 0 Å². The van der Waals surface area contributed by atoms with Gasteiger partial charge in [0.1, 0.15) is 17.3 Å². The van der Waals surface area contributed by atoms with Gasteiger partial charge in [0.25, 0.3) is 11.7 Å². The van der Waals surface area contributed by atoms with Gasteiger partial charge in [-0.05, 0) is 42.8 Å². The first-order chi connectivity index (χ1) is 16.0. The van der Waals surface area contributed by atoms with Crippen LogP contribution in [0.2, 0.25) is 5.02 Å². The summed E-state index contributed by atoms with van der Waals surface area (Å²) in [6, 6.07) is 19.9. The first-order valence-corrected chi connectivity index (χ1v) is 10.8. The molecule has 1 heterocycles. The van der Waals surface area contributed by atoms with E-state index in [4.69, 9.17) is 21.1 Å². The molecule has 1 unspecified atom stereocenters. The number of hydrogen-bond acceptors (Lipinski definition) is 5. The van der Waals surface area contributed by atoms with Crippen LogP contribution in [-0.4, -0.2) is 30.5 Å². The number of methoxy groups -OCH3 is 1. The summed E-state index contributed by atoms with van der Waals surface area (Å²) < 4.78 is 10.7. The molecule has 0 saturated carbocycles. The molecule has 0 bridgehead atoms. The molecule has 1 aliphatic rings. The fourth-order valence-electron chi connectivity index (χ4n) is 3.91. The van der Waals surface area contributed by atoms with Crippen molar-refractivity contribution >= 4 is 34.7 Å². The van der Waals surface area contributed by atoms with Crippen molar-refractivity contribution in [3.63, 3.8) is 0 Å². The maximum Gasteiger partial charge on any atom is 0.300 e. The molecule has 4 rings (SSSR count). The smallest absolute Gasteiger partial charge is 0.300 e. The Morgan fingerprint density at radius 2 is 1.79 bits per heavy atom. The maximum atomic E-state index is 13.2. The fourth-order valence-corrected chi connectivity index (χ4v) is 4.17. The summed E-state index contributed by atoms with van der Waals surface area (Å²) in [7, 11) is 1.48. The number of nitrogens with zero attached hydrogens (tertiary/aromatic N) is 1. The van der Waals surface area contributed by atoms with E-state index in [-0.39, 0.29) is 16.4 Å². The van der Waals surface area contributed by atoms with Gasteiger partial charge in [0.15, 0.2) is 0 Å². The average molecular weight is 464 g/mol. The van der Waals surface area contributed by atoms with Gasteiger partial charge in [-0.3, -0.25) is 14.5 Å². The van der Waals surface area contributed by atoms with Gasteiger partial charge >= 0.3 is 0 Å². The Hall–Kier alpha value is -3.77. The van der Waals surface area contributed by atoms with Gasteiger partial charge in [0.2, 0.25) is 0 Å². The highest BCUT2D eigenvalue weighted by Crippen LogP contribution is 2.43. The van der Waals surface area contributed by atoms with Gasteiger partial charge < -0.3 is 14.6 Å². The van der Waals surface area contributed by atoms with Gasteiger partial charge in [0.05, 0.1) is 30.4 Å². The predicted octanol–water partition coefficient (Wildman–Crippen LogP) is 5.37. The molecule has 0 radical (unpaired) electrons. The van der Waals surface area contributed by atoms with Gasteiger partial charge in [-0.15, -0.1) is 0 Å². The number of ketones is 1. The van der Waals surface area contributed by atoms with Crippen molar-refractivity contribution in [2.45, 2.75) is 13.0 Å². The van der Waals surface area contributed by atoms with Crippen molar-refractivity contribution in [2.75, 3.05) is 18.6 Å². The number of carbonyl (C=O) groups excluding carboxylic acids is 2. The second-order valence-corrected chi connectivity index (χ2v) is 7.77. The highest BCUT2D eigenvalue weighted by Gasteiger charge is 2.47. The van der Waals surface area contributed by atoms with Crippen LogP contribution in [0.3, 0.4) is 0 Å². The predicted molar refractivity (Wildman–Crippen MR) is 127 cm³/mol. The third-order valence-electron chi connectivity index (χ3n) is 5.39. The van der Waals surface area contributed by atoms with Crippen molar-refractivity contribution in [1.29, 1.82) is 0 Å². The van der Waals surface area contributed by atoms with E-state index in [0.717, 1.165) is 0 Å². The molecule has 3 aromatic rings. The van der Waals surface area contributed by atoms with Crippen LogP contribution >= 0.6 is 11.6 Å². The second kappa shape index (κ2) is 9.38. The Bertz CT molecular complexity index is 1240. The average Bonchev–Trinajstić information content (AvgIpc) is 3.10. The number of Topliss-reactive ketones (excluding diaryl/α,β-unsaturated/α-hetero) is 1. The number of anilines is 1. The Morgan fingerprint density at radius 3 is 2.45 bits per heavy atom. The number of rotatable bonds is 6. The van der Waals surface area contributed by atoms with Crippen molar-refractivity contribution < 1.29 is 24.2 Å². The standard InChI is InChI=1S/C26H22ClNO5/c1-3-33-19-11-7-10-18(15-19)28-23(16-8-5-4-6-9-16)22(25(30)26(28)31)24(29)17-12-13-21(32-2)20(27)14-17/h4-15,23,29H,3H2,1-2H3/b24-22+. The summed E-state index contributed by atoms with van der Waals surface area (Å²) in [5.74, 6) is -0.823. The molecule has 33 heavy (non-hydrogen) atoms. The quantitative estimate of drug-likeness (QED) is 0.302. The molecular weight excluding hydrogens is 442 g/mol. The second-order valence-electron chi connectivity index (χ2n) is 7.36. The number of amides is 1. The van der Waals surface area contributed by atoms with E-state index in [2.05, 4.69) is 0 Å². The molecule has 1 N–H and O–H groups in total. The van der Waals surface area contributed by atoms with Crippen molar-refractivity contribution in [2.24, 2.45) is 0 Å². The van der Waals surface area contributed by atoms with Gasteiger partial charge in [-0.25, -0.2) is 0 Å². The third-order valence-corrected chi connectivity index (χ3v) is 5.69. The molecule has 1 aliphatic heterocycles. The van der Waals surface area contributed by atoms with Crippen LogP contribution in [0.15, 0.2) is 78.4 Å². The topological polar surface area (TPSA) is 76.1 Å². The number of aliphatic hydroxyl groups excluding tert-OH is 1. The lowest BCUT2D eigenvalue weighted by Crippen LogP contribution is -2.29. The van der Waals surface area contributed by atoms with Crippen LogP contribution in [0.4, 0.5) is 5.69 Å². The molecule has 1 fully saturated rings. The van der Waals surface area contributed by atoms with Crippen LogP contribution in [0.5, 0.6) is 11.5 Å². The van der Waals surface area contributed by atoms with Gasteiger partial charge in [-0.1, -0.05) is 48.0 Å². The molecule has 168 valence electrons. The Morgan fingerprint density at radius 1 is 1.03 bits per heavy atom.